The van der Waals surface area contributed by atoms with E-state index in [1.807, 2.05) is 30.3 Å². The van der Waals surface area contributed by atoms with E-state index in [0.717, 1.165) is 5.56 Å². The number of nitrogens with zero attached hydrogens (tertiary/aromatic N) is 2. The minimum absolute atomic E-state index is 0.143. The van der Waals surface area contributed by atoms with Gasteiger partial charge in [0.15, 0.2) is 0 Å². The van der Waals surface area contributed by atoms with E-state index in [-0.39, 0.29) is 30.9 Å². The predicted molar refractivity (Wildman–Crippen MR) is 161 cm³/mol. The van der Waals surface area contributed by atoms with Crippen molar-refractivity contribution in [3.63, 3.8) is 0 Å². The highest BCUT2D eigenvalue weighted by Crippen LogP contribution is 2.39. The second-order valence-electron chi connectivity index (χ2n) is 9.78. The Morgan fingerprint density at radius 1 is 0.902 bits per heavy atom. The van der Waals surface area contributed by atoms with Gasteiger partial charge in [-0.05, 0) is 56.9 Å². The average molecular weight is 556 g/mol. The van der Waals surface area contributed by atoms with Crippen molar-refractivity contribution in [2.24, 2.45) is 0 Å². The van der Waals surface area contributed by atoms with Gasteiger partial charge in [0.1, 0.15) is 0 Å². The van der Waals surface area contributed by atoms with Crippen LogP contribution in [0.4, 0.5) is 22.7 Å². The molecule has 1 aliphatic heterocycles. The quantitative estimate of drug-likeness (QED) is 0.266. The first-order chi connectivity index (χ1) is 19.6. The average Bonchev–Trinajstić information content (AvgIpc) is 3.26. The molecule has 4 rings (SSSR count). The first-order valence-corrected chi connectivity index (χ1v) is 13.1. The molecule has 41 heavy (non-hydrogen) atoms. The molecule has 10 heteroatoms. The third-order valence-electron chi connectivity index (χ3n) is 6.35. The molecule has 3 aromatic carbocycles. The van der Waals surface area contributed by atoms with Gasteiger partial charge in [0.2, 0.25) is 11.8 Å². The SMILES string of the molecule is CCOC(=O)c1ccc2c(c1)NC(=O)C2=C(Nc1ccc(N(C)C(=O)CN(C)C)c(NC(C)=O)c1)c1ccccc1. The number of hydrogen-bond donors (Lipinski definition) is 3. The van der Waals surface area contributed by atoms with Crippen molar-refractivity contribution in [3.8, 4) is 0 Å². The highest BCUT2D eigenvalue weighted by atomic mass is 16.5. The molecule has 1 heterocycles. The van der Waals surface area contributed by atoms with Crippen LogP contribution < -0.4 is 20.9 Å². The van der Waals surface area contributed by atoms with Crippen LogP contribution in [0.3, 0.4) is 0 Å². The second kappa shape index (κ2) is 12.5. The van der Waals surface area contributed by atoms with Gasteiger partial charge in [-0.25, -0.2) is 4.79 Å². The molecule has 0 bridgehead atoms. The van der Waals surface area contributed by atoms with Crippen molar-refractivity contribution < 1.29 is 23.9 Å². The van der Waals surface area contributed by atoms with Crippen LogP contribution in [0.15, 0.2) is 66.7 Å². The summed E-state index contributed by atoms with van der Waals surface area (Å²) in [5.41, 5.74) is 4.69. The van der Waals surface area contributed by atoms with Gasteiger partial charge in [0.05, 0.1) is 47.0 Å². The van der Waals surface area contributed by atoms with Gasteiger partial charge in [0.25, 0.3) is 5.91 Å². The van der Waals surface area contributed by atoms with E-state index in [9.17, 15) is 19.2 Å². The molecule has 0 atom stereocenters. The Morgan fingerprint density at radius 3 is 2.29 bits per heavy atom. The smallest absolute Gasteiger partial charge is 0.338 e. The highest BCUT2D eigenvalue weighted by molar-refractivity contribution is 6.37. The lowest BCUT2D eigenvalue weighted by Crippen LogP contribution is -2.35. The molecule has 212 valence electrons. The van der Waals surface area contributed by atoms with Gasteiger partial charge in [-0.1, -0.05) is 36.4 Å². The number of fused-ring (bicyclic) bond motifs is 1. The zero-order valence-electron chi connectivity index (χ0n) is 23.7. The van der Waals surface area contributed by atoms with Crippen LogP contribution in [-0.2, 0) is 19.1 Å². The third kappa shape index (κ3) is 6.62. The Labute approximate surface area is 239 Å². The van der Waals surface area contributed by atoms with E-state index in [1.54, 1.807) is 69.4 Å². The van der Waals surface area contributed by atoms with Crippen LogP contribution in [0.2, 0.25) is 0 Å². The number of nitrogens with one attached hydrogen (secondary N) is 3. The summed E-state index contributed by atoms with van der Waals surface area (Å²) in [4.78, 5) is 53.7. The zero-order valence-corrected chi connectivity index (χ0v) is 23.7. The predicted octanol–water partition coefficient (Wildman–Crippen LogP) is 4.28. The molecule has 3 aromatic rings. The normalized spacial score (nSPS) is 13.3. The van der Waals surface area contributed by atoms with E-state index < -0.39 is 5.97 Å². The van der Waals surface area contributed by atoms with Crippen LogP contribution >= 0.6 is 0 Å². The second-order valence-corrected chi connectivity index (χ2v) is 9.78. The number of anilines is 4. The third-order valence-corrected chi connectivity index (χ3v) is 6.35. The van der Waals surface area contributed by atoms with E-state index in [0.29, 0.717) is 45.1 Å². The van der Waals surface area contributed by atoms with E-state index in [2.05, 4.69) is 16.0 Å². The molecule has 3 amide bonds. The van der Waals surface area contributed by atoms with Gasteiger partial charge in [-0.15, -0.1) is 0 Å². The number of benzene rings is 3. The summed E-state index contributed by atoms with van der Waals surface area (Å²) in [7, 11) is 5.27. The lowest BCUT2D eigenvalue weighted by Gasteiger charge is -2.23. The Kier molecular flexibility index (Phi) is 8.84. The molecule has 0 saturated heterocycles. The number of amides is 3. The number of ether oxygens (including phenoxy) is 1. The molecule has 0 saturated carbocycles. The summed E-state index contributed by atoms with van der Waals surface area (Å²) in [6.07, 6.45) is 0. The minimum Gasteiger partial charge on any atom is -0.462 e. The molecule has 3 N–H and O–H groups in total. The van der Waals surface area contributed by atoms with Crippen molar-refractivity contribution >= 4 is 57.7 Å². The number of hydrogen-bond acceptors (Lipinski definition) is 7. The Bertz CT molecular complexity index is 1530. The standard InChI is InChI=1S/C31H33N5O5/c1-6-41-31(40)21-12-14-23-24(16-21)34-30(39)28(23)29(20-10-8-7-9-11-20)33-22-13-15-26(25(17-22)32-19(2)37)36(5)27(38)18-35(3)4/h7-17,33H,6,18H2,1-5H3,(H,32,37)(H,34,39). The first-order valence-electron chi connectivity index (χ1n) is 13.1. The van der Waals surface area contributed by atoms with Crippen LogP contribution in [0.25, 0.3) is 11.3 Å². The fourth-order valence-corrected chi connectivity index (χ4v) is 4.50. The summed E-state index contributed by atoms with van der Waals surface area (Å²) in [5.74, 6) is -1.24. The van der Waals surface area contributed by atoms with E-state index >= 15 is 0 Å². The van der Waals surface area contributed by atoms with Gasteiger partial charge in [0, 0.05) is 25.2 Å². The number of carbonyl (C=O) groups excluding carboxylic acids is 4. The van der Waals surface area contributed by atoms with Gasteiger partial charge in [-0.3, -0.25) is 14.4 Å². The molecule has 0 aromatic heterocycles. The molecule has 0 aliphatic carbocycles. The molecule has 0 spiro atoms. The summed E-state index contributed by atoms with van der Waals surface area (Å²) in [6.45, 7) is 3.57. The zero-order chi connectivity index (χ0) is 29.7. The summed E-state index contributed by atoms with van der Waals surface area (Å²) >= 11 is 0. The highest BCUT2D eigenvalue weighted by Gasteiger charge is 2.29. The lowest BCUT2D eigenvalue weighted by molar-refractivity contribution is -0.119. The fourth-order valence-electron chi connectivity index (χ4n) is 4.50. The first kappa shape index (κ1) is 29.0. The topological polar surface area (TPSA) is 120 Å². The van der Waals surface area contributed by atoms with Crippen LogP contribution in [0.1, 0.15) is 35.3 Å². The molecular weight excluding hydrogens is 522 g/mol. The van der Waals surface area contributed by atoms with Crippen LogP contribution in [0.5, 0.6) is 0 Å². The molecule has 0 fully saturated rings. The number of likely N-dealkylation sites (N-methyl/N-ethyl adjacent to an activating group) is 2. The molecule has 1 aliphatic rings. The molecule has 0 unspecified atom stereocenters. The number of rotatable bonds is 9. The van der Waals surface area contributed by atoms with E-state index in [1.165, 1.54) is 11.8 Å². The maximum atomic E-state index is 13.3. The van der Waals surface area contributed by atoms with Crippen molar-refractivity contribution in [2.75, 3.05) is 55.1 Å². The Morgan fingerprint density at radius 2 is 1.63 bits per heavy atom. The minimum atomic E-state index is -0.469. The van der Waals surface area contributed by atoms with E-state index in [4.69, 9.17) is 4.74 Å². The summed E-state index contributed by atoms with van der Waals surface area (Å²) in [5, 5.41) is 9.04. The maximum absolute atomic E-state index is 13.3. The van der Waals surface area contributed by atoms with Gasteiger partial charge < -0.3 is 30.5 Å². The molecular formula is C31H33N5O5. The molecule has 10 nitrogen and oxygen atoms in total. The van der Waals surface area contributed by atoms with Crippen LogP contribution in [0, 0.1) is 0 Å². The fraction of sp³-hybridized carbons (Fsp3) is 0.226. The lowest BCUT2D eigenvalue weighted by atomic mass is 9.99. The number of esters is 1. The van der Waals surface area contributed by atoms with Crippen molar-refractivity contribution in [1.82, 2.24) is 4.90 Å². The monoisotopic (exact) mass is 555 g/mol. The number of carbonyl (C=O) groups is 4. The van der Waals surface area contributed by atoms with Crippen molar-refractivity contribution in [1.29, 1.82) is 0 Å². The van der Waals surface area contributed by atoms with Crippen molar-refractivity contribution in [2.45, 2.75) is 13.8 Å². The van der Waals surface area contributed by atoms with Gasteiger partial charge >= 0.3 is 5.97 Å². The van der Waals surface area contributed by atoms with Gasteiger partial charge in [-0.2, -0.15) is 0 Å². The summed E-state index contributed by atoms with van der Waals surface area (Å²) < 4.78 is 5.10. The largest absolute Gasteiger partial charge is 0.462 e. The molecule has 0 radical (unpaired) electrons. The Hall–Kier alpha value is -4.96. The maximum Gasteiger partial charge on any atom is 0.338 e. The van der Waals surface area contributed by atoms with Crippen molar-refractivity contribution in [3.05, 3.63) is 83.4 Å². The van der Waals surface area contributed by atoms with Crippen LogP contribution in [-0.4, -0.2) is 62.9 Å². The summed E-state index contributed by atoms with van der Waals surface area (Å²) in [6, 6.07) is 19.6. The Balaban J connectivity index is 1.79.